The molecule has 0 N–H and O–H groups in total. The van der Waals surface area contributed by atoms with Gasteiger partial charge in [-0.25, -0.2) is 0 Å². The number of nitriles is 1. The monoisotopic (exact) mass is 158 g/mol. The molecule has 0 radical (unpaired) electrons. The molecule has 0 atom stereocenters. The van der Waals surface area contributed by atoms with Crippen LogP contribution in [0.1, 0.15) is 5.56 Å². The van der Waals surface area contributed by atoms with Crippen molar-refractivity contribution in [3.8, 4) is 6.07 Å². The lowest BCUT2D eigenvalue weighted by Gasteiger charge is -1.93. The van der Waals surface area contributed by atoms with Crippen LogP contribution in [-0.4, -0.2) is 4.98 Å². The van der Waals surface area contributed by atoms with E-state index in [2.05, 4.69) is 11.1 Å². The Morgan fingerprint density at radius 3 is 3.25 bits per heavy atom. The second-order valence-electron chi connectivity index (χ2n) is 2.47. The smallest absolute Gasteiger partial charge is 0.141 e. The van der Waals surface area contributed by atoms with Crippen LogP contribution in [0.15, 0.2) is 29.1 Å². The van der Waals surface area contributed by atoms with Gasteiger partial charge in [0.25, 0.3) is 0 Å². The molecule has 0 aliphatic rings. The Balaban J connectivity index is 2.67. The van der Waals surface area contributed by atoms with E-state index in [0.29, 0.717) is 6.42 Å². The summed E-state index contributed by atoms with van der Waals surface area (Å²) in [5, 5.41) is 9.44. The highest BCUT2D eigenvalue weighted by Gasteiger charge is 2.02. The number of fused-ring (bicyclic) bond motifs is 1. The van der Waals surface area contributed by atoms with Crippen molar-refractivity contribution < 1.29 is 4.42 Å². The van der Waals surface area contributed by atoms with Crippen LogP contribution in [-0.2, 0) is 6.42 Å². The van der Waals surface area contributed by atoms with Gasteiger partial charge in [0.05, 0.1) is 18.8 Å². The highest BCUT2D eigenvalue weighted by atomic mass is 16.3. The highest BCUT2D eigenvalue weighted by Crippen LogP contribution is 2.18. The van der Waals surface area contributed by atoms with Crippen molar-refractivity contribution in [1.29, 1.82) is 5.26 Å². The van der Waals surface area contributed by atoms with E-state index in [0.717, 1.165) is 16.5 Å². The quantitative estimate of drug-likeness (QED) is 0.636. The Kier molecular flexibility index (Phi) is 1.52. The Morgan fingerprint density at radius 1 is 1.50 bits per heavy atom. The zero-order chi connectivity index (χ0) is 8.39. The molecule has 0 fully saturated rings. The minimum atomic E-state index is 0.345. The molecule has 0 aromatic carbocycles. The maximum atomic E-state index is 8.50. The van der Waals surface area contributed by atoms with E-state index in [1.807, 2.05) is 6.07 Å². The molecule has 0 bridgehead atoms. The number of pyridine rings is 1. The van der Waals surface area contributed by atoms with Crippen molar-refractivity contribution in [2.75, 3.05) is 0 Å². The van der Waals surface area contributed by atoms with Crippen LogP contribution in [0.25, 0.3) is 11.0 Å². The van der Waals surface area contributed by atoms with Crippen LogP contribution in [0.3, 0.4) is 0 Å². The first-order valence-electron chi connectivity index (χ1n) is 3.59. The molecular weight excluding hydrogens is 152 g/mol. The van der Waals surface area contributed by atoms with E-state index in [1.54, 1.807) is 18.7 Å². The molecule has 12 heavy (non-hydrogen) atoms. The van der Waals surface area contributed by atoms with Crippen LogP contribution in [0.5, 0.6) is 0 Å². The SMILES string of the molecule is N#CCc1cncc2ccoc12. The Hall–Kier alpha value is -1.82. The maximum absolute atomic E-state index is 8.50. The van der Waals surface area contributed by atoms with E-state index in [9.17, 15) is 0 Å². The van der Waals surface area contributed by atoms with Gasteiger partial charge in [-0.3, -0.25) is 4.98 Å². The molecule has 0 aliphatic carbocycles. The van der Waals surface area contributed by atoms with Gasteiger partial charge >= 0.3 is 0 Å². The fourth-order valence-electron chi connectivity index (χ4n) is 1.16. The van der Waals surface area contributed by atoms with Gasteiger partial charge < -0.3 is 4.42 Å². The average Bonchev–Trinajstić information content (AvgIpc) is 2.53. The van der Waals surface area contributed by atoms with Gasteiger partial charge in [0, 0.05) is 23.3 Å². The first-order chi connectivity index (χ1) is 5.92. The lowest BCUT2D eigenvalue weighted by atomic mass is 10.2. The maximum Gasteiger partial charge on any atom is 0.141 e. The van der Waals surface area contributed by atoms with E-state index in [-0.39, 0.29) is 0 Å². The molecule has 0 saturated heterocycles. The zero-order valence-electron chi connectivity index (χ0n) is 6.32. The zero-order valence-corrected chi connectivity index (χ0v) is 6.32. The van der Waals surface area contributed by atoms with Crippen molar-refractivity contribution in [3.05, 3.63) is 30.3 Å². The van der Waals surface area contributed by atoms with E-state index in [4.69, 9.17) is 9.68 Å². The lowest BCUT2D eigenvalue weighted by molar-refractivity contribution is 0.612. The molecule has 2 rings (SSSR count). The first kappa shape index (κ1) is 6.86. The largest absolute Gasteiger partial charge is 0.464 e. The number of aromatic nitrogens is 1. The fourth-order valence-corrected chi connectivity index (χ4v) is 1.16. The summed E-state index contributed by atoms with van der Waals surface area (Å²) in [6, 6.07) is 3.90. The molecule has 2 heterocycles. The molecule has 0 unspecified atom stereocenters. The lowest BCUT2D eigenvalue weighted by Crippen LogP contribution is -1.83. The van der Waals surface area contributed by atoms with Crippen LogP contribution in [0, 0.1) is 11.3 Å². The third kappa shape index (κ3) is 0.940. The summed E-state index contributed by atoms with van der Waals surface area (Å²) >= 11 is 0. The van der Waals surface area contributed by atoms with Crippen LogP contribution in [0.2, 0.25) is 0 Å². The second-order valence-corrected chi connectivity index (χ2v) is 2.47. The summed E-state index contributed by atoms with van der Waals surface area (Å²) in [4.78, 5) is 3.99. The standard InChI is InChI=1S/C9H6N2O/c10-3-1-7-5-11-6-8-2-4-12-9(7)8/h2,4-6H,1H2. The van der Waals surface area contributed by atoms with E-state index >= 15 is 0 Å². The molecule has 3 heteroatoms. The summed E-state index contributed by atoms with van der Waals surface area (Å²) in [5.41, 5.74) is 1.62. The van der Waals surface area contributed by atoms with Crippen molar-refractivity contribution in [2.45, 2.75) is 6.42 Å². The van der Waals surface area contributed by atoms with Gasteiger partial charge in [0.15, 0.2) is 0 Å². The van der Waals surface area contributed by atoms with E-state index in [1.165, 1.54) is 0 Å². The van der Waals surface area contributed by atoms with Gasteiger partial charge in [-0.05, 0) is 6.07 Å². The third-order valence-electron chi connectivity index (χ3n) is 1.70. The molecule has 0 amide bonds. The minimum absolute atomic E-state index is 0.345. The molecular formula is C9H6N2O. The van der Waals surface area contributed by atoms with Crippen molar-refractivity contribution in [2.24, 2.45) is 0 Å². The third-order valence-corrected chi connectivity index (χ3v) is 1.70. The number of furan rings is 1. The fraction of sp³-hybridized carbons (Fsp3) is 0.111. The first-order valence-corrected chi connectivity index (χ1v) is 3.59. The van der Waals surface area contributed by atoms with Crippen molar-refractivity contribution in [1.82, 2.24) is 4.98 Å². The van der Waals surface area contributed by atoms with Crippen LogP contribution >= 0.6 is 0 Å². The summed E-state index contributed by atoms with van der Waals surface area (Å²) in [6.07, 6.45) is 5.33. The molecule has 0 spiro atoms. The second kappa shape index (κ2) is 2.67. The number of hydrogen-bond donors (Lipinski definition) is 0. The van der Waals surface area contributed by atoms with E-state index < -0.39 is 0 Å². The Bertz CT molecular complexity index is 439. The summed E-state index contributed by atoms with van der Waals surface area (Å²) in [6.45, 7) is 0. The Labute approximate surface area is 69.2 Å². The van der Waals surface area contributed by atoms with Crippen LogP contribution < -0.4 is 0 Å². The average molecular weight is 158 g/mol. The summed E-state index contributed by atoms with van der Waals surface area (Å²) in [5.74, 6) is 0. The molecule has 2 aromatic heterocycles. The van der Waals surface area contributed by atoms with Crippen molar-refractivity contribution in [3.63, 3.8) is 0 Å². The molecule has 0 aliphatic heterocycles. The highest BCUT2D eigenvalue weighted by molar-refractivity contribution is 5.79. The topological polar surface area (TPSA) is 49.8 Å². The van der Waals surface area contributed by atoms with Gasteiger partial charge in [0.2, 0.25) is 0 Å². The van der Waals surface area contributed by atoms with Gasteiger partial charge in [-0.15, -0.1) is 0 Å². The number of rotatable bonds is 1. The molecule has 58 valence electrons. The predicted molar refractivity (Wildman–Crippen MR) is 43.3 cm³/mol. The van der Waals surface area contributed by atoms with Crippen molar-refractivity contribution >= 4 is 11.0 Å². The number of hydrogen-bond acceptors (Lipinski definition) is 3. The number of nitrogens with zero attached hydrogens (tertiary/aromatic N) is 2. The minimum Gasteiger partial charge on any atom is -0.464 e. The summed E-state index contributed by atoms with van der Waals surface area (Å²) < 4.78 is 5.21. The normalized spacial score (nSPS) is 9.92. The Morgan fingerprint density at radius 2 is 2.42 bits per heavy atom. The van der Waals surface area contributed by atoms with Gasteiger partial charge in [-0.1, -0.05) is 0 Å². The molecule has 0 saturated carbocycles. The molecule has 2 aromatic rings. The van der Waals surface area contributed by atoms with Gasteiger partial charge in [0.1, 0.15) is 5.58 Å². The summed E-state index contributed by atoms with van der Waals surface area (Å²) in [7, 11) is 0. The van der Waals surface area contributed by atoms with Gasteiger partial charge in [-0.2, -0.15) is 5.26 Å². The predicted octanol–water partition coefficient (Wildman–Crippen LogP) is 1.89. The van der Waals surface area contributed by atoms with Crippen LogP contribution in [0.4, 0.5) is 0 Å². The molecule has 3 nitrogen and oxygen atoms in total.